The van der Waals surface area contributed by atoms with Crippen LogP contribution in [-0.4, -0.2) is 40.6 Å². The summed E-state index contributed by atoms with van der Waals surface area (Å²) in [5.74, 6) is -1.77. The molecule has 40 heavy (non-hydrogen) atoms. The molecule has 0 saturated carbocycles. The van der Waals surface area contributed by atoms with Gasteiger partial charge in [-0.15, -0.1) is 0 Å². The van der Waals surface area contributed by atoms with Gasteiger partial charge in [0, 0.05) is 24.1 Å². The molecule has 0 bridgehead atoms. The first-order valence-corrected chi connectivity index (χ1v) is 13.3. The van der Waals surface area contributed by atoms with Gasteiger partial charge in [-0.25, -0.2) is 26.7 Å². The number of halogens is 1. The Bertz CT molecular complexity index is 1740. The van der Waals surface area contributed by atoms with Crippen molar-refractivity contribution in [1.82, 2.24) is 0 Å². The molecule has 0 radical (unpaired) electrons. The zero-order valence-electron chi connectivity index (χ0n) is 21.2. The van der Waals surface area contributed by atoms with Crippen molar-refractivity contribution in [2.75, 3.05) is 24.4 Å². The van der Waals surface area contributed by atoms with Crippen molar-refractivity contribution in [2.45, 2.75) is 6.61 Å². The number of esters is 1. The van der Waals surface area contributed by atoms with Crippen molar-refractivity contribution in [3.8, 4) is 23.1 Å². The summed E-state index contributed by atoms with van der Waals surface area (Å²) >= 11 is 0. The maximum Gasteiger partial charge on any atom is 0.412 e. The van der Waals surface area contributed by atoms with Gasteiger partial charge < -0.3 is 24.4 Å². The third kappa shape index (κ3) is 6.04. The van der Waals surface area contributed by atoms with Gasteiger partial charge in [0.15, 0.2) is 0 Å². The average molecular weight is 568 g/mol. The molecular formula is C27H22FN3O8S. The second-order valence-corrected chi connectivity index (χ2v) is 10.4. The second-order valence-electron chi connectivity index (χ2n) is 8.47. The van der Waals surface area contributed by atoms with Crippen molar-refractivity contribution in [3.63, 3.8) is 0 Å². The number of benzene rings is 3. The Labute approximate surface area is 228 Å². The molecule has 0 atom stereocenters. The number of primary amides is 1. The largest absolute Gasteiger partial charge is 0.487 e. The molecule has 0 aliphatic heterocycles. The average Bonchev–Trinajstić information content (AvgIpc) is 3.28. The number of rotatable bonds is 9. The molecule has 0 saturated heterocycles. The van der Waals surface area contributed by atoms with Crippen molar-refractivity contribution >= 4 is 38.7 Å². The van der Waals surface area contributed by atoms with Crippen molar-refractivity contribution < 1.29 is 41.0 Å². The predicted octanol–water partition coefficient (Wildman–Crippen LogP) is 4.29. The van der Waals surface area contributed by atoms with Crippen LogP contribution in [0.3, 0.4) is 0 Å². The highest BCUT2D eigenvalue weighted by Gasteiger charge is 2.29. The molecule has 0 spiro atoms. The first-order chi connectivity index (χ1) is 19.0. The van der Waals surface area contributed by atoms with Gasteiger partial charge in [-0.05, 0) is 48.0 Å². The van der Waals surface area contributed by atoms with Crippen molar-refractivity contribution in [2.24, 2.45) is 5.73 Å². The number of sulfonamides is 1. The third-order valence-corrected chi connectivity index (χ3v) is 6.74. The molecule has 11 nitrogen and oxygen atoms in total. The van der Waals surface area contributed by atoms with E-state index in [-0.39, 0.29) is 52.6 Å². The minimum atomic E-state index is -3.91. The Hall–Kier alpha value is -4.93. The zero-order valence-corrected chi connectivity index (χ0v) is 22.0. The van der Waals surface area contributed by atoms with Crippen LogP contribution in [0.25, 0.3) is 22.3 Å². The highest BCUT2D eigenvalue weighted by atomic mass is 32.2. The molecule has 4 aromatic rings. The van der Waals surface area contributed by atoms with Crippen LogP contribution in [0.2, 0.25) is 0 Å². The van der Waals surface area contributed by atoms with E-state index >= 15 is 0 Å². The lowest BCUT2D eigenvalue weighted by atomic mass is 10.0. The van der Waals surface area contributed by atoms with Gasteiger partial charge in [-0.3, -0.25) is 0 Å². The Morgan fingerprint density at radius 1 is 1.12 bits per heavy atom. The van der Waals surface area contributed by atoms with Crippen LogP contribution in [0, 0.1) is 17.1 Å². The fourth-order valence-electron chi connectivity index (χ4n) is 3.93. The molecule has 0 aliphatic rings. The van der Waals surface area contributed by atoms with Crippen LogP contribution in [0.5, 0.6) is 5.75 Å². The smallest absolute Gasteiger partial charge is 0.412 e. The number of hydrogen-bond donors (Lipinski definition) is 1. The lowest BCUT2D eigenvalue weighted by Gasteiger charge is -2.24. The molecule has 0 aliphatic carbocycles. The monoisotopic (exact) mass is 567 g/mol. The summed E-state index contributed by atoms with van der Waals surface area (Å²) in [6, 6.07) is 16.3. The van der Waals surface area contributed by atoms with Crippen LogP contribution in [-0.2, 0) is 26.1 Å². The van der Waals surface area contributed by atoms with E-state index in [2.05, 4.69) is 4.74 Å². The summed E-state index contributed by atoms with van der Waals surface area (Å²) < 4.78 is 61.5. The topological polar surface area (TPSA) is 162 Å². The molecule has 1 heterocycles. The number of anilines is 1. The van der Waals surface area contributed by atoms with Crippen LogP contribution >= 0.6 is 0 Å². The van der Waals surface area contributed by atoms with Gasteiger partial charge in [0.2, 0.25) is 10.0 Å². The summed E-state index contributed by atoms with van der Waals surface area (Å²) in [7, 11) is -2.60. The van der Waals surface area contributed by atoms with E-state index in [1.54, 1.807) is 24.3 Å². The van der Waals surface area contributed by atoms with Gasteiger partial charge in [0.1, 0.15) is 41.8 Å². The lowest BCUT2D eigenvalue weighted by Crippen LogP contribution is -2.32. The zero-order chi connectivity index (χ0) is 29.0. The number of nitriles is 1. The van der Waals surface area contributed by atoms with E-state index < -0.39 is 27.9 Å². The quantitative estimate of drug-likeness (QED) is 0.177. The predicted molar refractivity (Wildman–Crippen MR) is 141 cm³/mol. The summed E-state index contributed by atoms with van der Waals surface area (Å²) in [5.41, 5.74) is 6.15. The minimum Gasteiger partial charge on any atom is -0.487 e. The highest BCUT2D eigenvalue weighted by Crippen LogP contribution is 2.41. The van der Waals surface area contributed by atoms with Gasteiger partial charge in [0.25, 0.3) is 0 Å². The van der Waals surface area contributed by atoms with Crippen molar-refractivity contribution in [3.05, 3.63) is 83.2 Å². The van der Waals surface area contributed by atoms with E-state index in [0.717, 1.165) is 22.7 Å². The number of furan rings is 1. The normalized spacial score (nSPS) is 11.2. The molecule has 0 unspecified atom stereocenters. The number of methoxy groups -OCH3 is 1. The van der Waals surface area contributed by atoms with E-state index in [1.807, 2.05) is 6.07 Å². The Balaban J connectivity index is 1.95. The first-order valence-electron chi connectivity index (χ1n) is 11.5. The first kappa shape index (κ1) is 28.1. The number of carbonyl (C=O) groups is 2. The van der Waals surface area contributed by atoms with Crippen LogP contribution in [0.15, 0.2) is 65.1 Å². The molecule has 206 valence electrons. The minimum absolute atomic E-state index is 0.00285. The number of nitrogens with zero attached hydrogens (tertiary/aromatic N) is 2. The lowest BCUT2D eigenvalue weighted by molar-refractivity contribution is 0.0640. The molecule has 1 amide bonds. The van der Waals surface area contributed by atoms with E-state index in [4.69, 9.17) is 19.6 Å². The maximum absolute atomic E-state index is 13.6. The molecule has 0 fully saturated rings. The molecule has 4 rings (SSSR count). The molecular weight excluding hydrogens is 545 g/mol. The standard InChI is InChI=1S/C27H22FN3O8S/c1-36-15-31(40(2,34)35)21-12-22-20(11-23(21)37-14-17-5-3-4-16(10-17)13-29)24(26(32)39-27(30)33)25(38-22)18-6-8-19(28)9-7-18/h3-12H,14-15H2,1-2H3,(H2,30,33). The van der Waals surface area contributed by atoms with Crippen molar-refractivity contribution in [1.29, 1.82) is 5.26 Å². The Morgan fingerprint density at radius 3 is 2.48 bits per heavy atom. The second kappa shape index (κ2) is 11.4. The van der Waals surface area contributed by atoms with Gasteiger partial charge in [0.05, 0.1) is 23.6 Å². The van der Waals surface area contributed by atoms with Gasteiger partial charge in [-0.2, -0.15) is 5.26 Å². The van der Waals surface area contributed by atoms with Crippen LogP contribution in [0.4, 0.5) is 14.9 Å². The number of hydrogen-bond acceptors (Lipinski definition) is 9. The SMILES string of the molecule is COCN(c1cc2oc(-c3ccc(F)cc3)c(C(=O)OC(N)=O)c2cc1OCc1cccc(C#N)c1)S(C)(=O)=O. The van der Waals surface area contributed by atoms with Crippen LogP contribution in [0.1, 0.15) is 21.5 Å². The van der Waals surface area contributed by atoms with E-state index in [0.29, 0.717) is 11.1 Å². The van der Waals surface area contributed by atoms with Gasteiger partial charge in [-0.1, -0.05) is 12.1 Å². The summed E-state index contributed by atoms with van der Waals surface area (Å²) in [6.45, 7) is -0.463. The summed E-state index contributed by atoms with van der Waals surface area (Å²) in [4.78, 5) is 24.4. The Kier molecular flexibility index (Phi) is 8.03. The number of carbonyl (C=O) groups excluding carboxylic acids is 2. The highest BCUT2D eigenvalue weighted by molar-refractivity contribution is 7.92. The number of nitrogens with two attached hydrogens (primary N) is 1. The maximum atomic E-state index is 13.6. The number of fused-ring (bicyclic) bond motifs is 1. The molecule has 1 aromatic heterocycles. The van der Waals surface area contributed by atoms with E-state index in [1.165, 1.54) is 31.4 Å². The number of ether oxygens (including phenoxy) is 3. The summed E-state index contributed by atoms with van der Waals surface area (Å²) in [6.07, 6.45) is -0.392. The summed E-state index contributed by atoms with van der Waals surface area (Å²) in [5, 5.41) is 9.30. The Morgan fingerprint density at radius 2 is 1.85 bits per heavy atom. The number of amides is 1. The fourth-order valence-corrected chi connectivity index (χ4v) is 4.72. The molecule has 3 aromatic carbocycles. The van der Waals surface area contributed by atoms with Crippen LogP contribution < -0.4 is 14.8 Å². The van der Waals surface area contributed by atoms with Gasteiger partial charge >= 0.3 is 12.1 Å². The molecule has 13 heteroatoms. The fraction of sp³-hybridized carbons (Fsp3) is 0.148. The molecule has 2 N–H and O–H groups in total. The van der Waals surface area contributed by atoms with E-state index in [9.17, 15) is 27.7 Å². The third-order valence-electron chi connectivity index (χ3n) is 5.64.